The largest absolute Gasteiger partial charge is 0.497 e. The van der Waals surface area contributed by atoms with Gasteiger partial charge in [0.1, 0.15) is 29.4 Å². The number of urea groups is 1. The maximum absolute atomic E-state index is 12.3. The first-order valence-corrected chi connectivity index (χ1v) is 13.9. The number of nitrogens with one attached hydrogen (secondary N) is 3. The fourth-order valence-corrected chi connectivity index (χ4v) is 4.71. The van der Waals surface area contributed by atoms with E-state index in [2.05, 4.69) is 39.1 Å². The van der Waals surface area contributed by atoms with Crippen molar-refractivity contribution in [3.8, 4) is 33.9 Å². The lowest BCUT2D eigenvalue weighted by atomic mass is 9.99. The molecule has 3 aromatic carbocycles. The summed E-state index contributed by atoms with van der Waals surface area (Å²) in [6.07, 6.45) is 7.02. The zero-order chi connectivity index (χ0) is 30.9. The highest BCUT2D eigenvalue weighted by Gasteiger charge is 2.22. The van der Waals surface area contributed by atoms with Crippen molar-refractivity contribution in [3.63, 3.8) is 0 Å². The summed E-state index contributed by atoms with van der Waals surface area (Å²) in [6, 6.07) is 22.9. The molecular formula is C35H33N5O4. The molecule has 3 N–H and O–H groups in total. The molecule has 0 radical (unpaired) electrons. The van der Waals surface area contributed by atoms with Gasteiger partial charge in [0.25, 0.3) is 0 Å². The van der Waals surface area contributed by atoms with Crippen LogP contribution in [0.25, 0.3) is 33.6 Å². The molecule has 0 aliphatic heterocycles. The van der Waals surface area contributed by atoms with E-state index in [0.717, 1.165) is 45.6 Å². The number of fused-ring (bicyclic) bond motifs is 1. The van der Waals surface area contributed by atoms with E-state index in [1.807, 2.05) is 72.8 Å². The average molecular weight is 588 g/mol. The quantitative estimate of drug-likeness (QED) is 0.129. The number of furan rings is 1. The SMILES string of the molecule is C=C/C=C(\C=C)NC(=O)Nc1ccc(CCNc2ncnc3oc(-c4ccc(OC)cc4)c(-c4ccc(OC)cc4)c23)cc1. The van der Waals surface area contributed by atoms with Crippen LogP contribution < -0.4 is 25.4 Å². The third-order valence-corrected chi connectivity index (χ3v) is 6.91. The van der Waals surface area contributed by atoms with Crippen molar-refractivity contribution in [1.82, 2.24) is 15.3 Å². The molecule has 2 heterocycles. The standard InChI is InChI=1S/C35H33N5O4/c1-5-7-26(6-2)39-35(41)40-27-14-8-23(9-15-27)20-21-36-33-31-30(24-10-16-28(42-3)17-11-24)32(44-34(31)38-22-37-33)25-12-18-29(43-4)19-13-25/h5-19,22H,1-2,20-21H2,3-4H3,(H,36,37,38)(H2,39,40,41)/b26-7+. The van der Waals surface area contributed by atoms with Crippen molar-refractivity contribution < 1.29 is 18.7 Å². The number of anilines is 2. The Kier molecular flexibility index (Phi) is 9.36. The summed E-state index contributed by atoms with van der Waals surface area (Å²) in [5.74, 6) is 2.87. The van der Waals surface area contributed by atoms with Crippen LogP contribution in [0.5, 0.6) is 11.5 Å². The minimum absolute atomic E-state index is 0.359. The maximum atomic E-state index is 12.3. The Labute approximate surface area is 256 Å². The summed E-state index contributed by atoms with van der Waals surface area (Å²) in [6.45, 7) is 7.92. The van der Waals surface area contributed by atoms with Crippen molar-refractivity contribution >= 4 is 28.6 Å². The fourth-order valence-electron chi connectivity index (χ4n) is 4.71. The average Bonchev–Trinajstić information content (AvgIpc) is 3.46. The Morgan fingerprint density at radius 2 is 1.55 bits per heavy atom. The van der Waals surface area contributed by atoms with Crippen LogP contribution in [0, 0.1) is 0 Å². The molecule has 0 unspecified atom stereocenters. The summed E-state index contributed by atoms with van der Waals surface area (Å²) < 4.78 is 17.1. The number of aromatic nitrogens is 2. The fraction of sp³-hybridized carbons (Fsp3) is 0.114. The van der Waals surface area contributed by atoms with Crippen molar-refractivity contribution in [1.29, 1.82) is 0 Å². The molecule has 0 bridgehead atoms. The van der Waals surface area contributed by atoms with Gasteiger partial charge >= 0.3 is 6.03 Å². The van der Waals surface area contributed by atoms with E-state index in [1.165, 1.54) is 6.33 Å². The third-order valence-electron chi connectivity index (χ3n) is 6.91. The van der Waals surface area contributed by atoms with E-state index in [1.54, 1.807) is 32.4 Å². The van der Waals surface area contributed by atoms with E-state index < -0.39 is 0 Å². The van der Waals surface area contributed by atoms with E-state index in [9.17, 15) is 4.79 Å². The molecule has 5 rings (SSSR count). The number of hydrogen-bond donors (Lipinski definition) is 3. The number of benzene rings is 3. The first-order valence-electron chi connectivity index (χ1n) is 13.9. The second-order valence-electron chi connectivity index (χ2n) is 9.68. The van der Waals surface area contributed by atoms with Crippen LogP contribution in [0.2, 0.25) is 0 Å². The smallest absolute Gasteiger partial charge is 0.323 e. The first kappa shape index (κ1) is 29.7. The van der Waals surface area contributed by atoms with E-state index in [0.29, 0.717) is 35.2 Å². The Morgan fingerprint density at radius 1 is 0.886 bits per heavy atom. The molecule has 0 atom stereocenters. The van der Waals surface area contributed by atoms with Gasteiger partial charge in [-0.05, 0) is 78.2 Å². The molecule has 9 heteroatoms. The Hall–Kier alpha value is -5.83. The van der Waals surface area contributed by atoms with Gasteiger partial charge in [-0.2, -0.15) is 0 Å². The lowest BCUT2D eigenvalue weighted by molar-refractivity contribution is 0.254. The van der Waals surface area contributed by atoms with Crippen LogP contribution in [-0.2, 0) is 6.42 Å². The zero-order valence-corrected chi connectivity index (χ0v) is 24.6. The molecule has 222 valence electrons. The van der Waals surface area contributed by atoms with Crippen LogP contribution in [0.15, 0.2) is 121 Å². The lowest BCUT2D eigenvalue weighted by Crippen LogP contribution is -2.27. The molecular weight excluding hydrogens is 554 g/mol. The van der Waals surface area contributed by atoms with Gasteiger partial charge in [0.2, 0.25) is 5.71 Å². The normalized spacial score (nSPS) is 11.1. The highest BCUT2D eigenvalue weighted by atomic mass is 16.5. The minimum Gasteiger partial charge on any atom is -0.497 e. The van der Waals surface area contributed by atoms with Gasteiger partial charge in [-0.25, -0.2) is 14.8 Å². The second-order valence-corrected chi connectivity index (χ2v) is 9.68. The highest BCUT2D eigenvalue weighted by molar-refractivity contribution is 6.06. The van der Waals surface area contributed by atoms with Crippen molar-refractivity contribution in [2.45, 2.75) is 6.42 Å². The molecule has 0 aliphatic rings. The number of allylic oxidation sites excluding steroid dienone is 3. The van der Waals surface area contributed by atoms with Crippen LogP contribution >= 0.6 is 0 Å². The van der Waals surface area contributed by atoms with Crippen molar-refractivity contribution in [3.05, 3.63) is 122 Å². The minimum atomic E-state index is -0.359. The predicted molar refractivity (Wildman–Crippen MR) is 175 cm³/mol. The number of nitrogens with zero attached hydrogens (tertiary/aromatic N) is 2. The third kappa shape index (κ3) is 6.79. The summed E-state index contributed by atoms with van der Waals surface area (Å²) in [4.78, 5) is 21.3. The van der Waals surface area contributed by atoms with Crippen molar-refractivity contribution in [2.75, 3.05) is 31.4 Å². The monoisotopic (exact) mass is 587 g/mol. The van der Waals surface area contributed by atoms with Gasteiger partial charge in [-0.15, -0.1) is 0 Å². The Bertz CT molecular complexity index is 1790. The molecule has 0 fully saturated rings. The number of methoxy groups -OCH3 is 2. The number of hydrogen-bond acceptors (Lipinski definition) is 7. The molecule has 2 amide bonds. The van der Waals surface area contributed by atoms with Gasteiger partial charge in [-0.3, -0.25) is 0 Å². The van der Waals surface area contributed by atoms with Gasteiger partial charge < -0.3 is 29.8 Å². The maximum Gasteiger partial charge on any atom is 0.323 e. The van der Waals surface area contributed by atoms with Crippen LogP contribution in [0.1, 0.15) is 5.56 Å². The lowest BCUT2D eigenvalue weighted by Gasteiger charge is -2.10. The number of amides is 2. The summed E-state index contributed by atoms with van der Waals surface area (Å²) >= 11 is 0. The number of carbonyl (C=O) groups excluding carboxylic acids is 1. The second kappa shape index (κ2) is 13.9. The molecule has 5 aromatic rings. The summed E-state index contributed by atoms with van der Waals surface area (Å²) in [7, 11) is 3.28. The summed E-state index contributed by atoms with van der Waals surface area (Å²) in [5, 5.41) is 9.80. The van der Waals surface area contributed by atoms with Gasteiger partial charge in [0, 0.05) is 29.1 Å². The first-order chi connectivity index (χ1) is 21.5. The van der Waals surface area contributed by atoms with Crippen LogP contribution in [0.4, 0.5) is 16.3 Å². The van der Waals surface area contributed by atoms with Crippen molar-refractivity contribution in [2.24, 2.45) is 0 Å². The van der Waals surface area contributed by atoms with Gasteiger partial charge in [-0.1, -0.05) is 43.5 Å². The predicted octanol–water partition coefficient (Wildman–Crippen LogP) is 7.61. The number of rotatable bonds is 12. The van der Waals surface area contributed by atoms with Gasteiger partial charge in [0.05, 0.1) is 19.6 Å². The molecule has 0 aliphatic carbocycles. The molecule has 0 saturated carbocycles. The van der Waals surface area contributed by atoms with E-state index >= 15 is 0 Å². The van der Waals surface area contributed by atoms with Crippen LogP contribution in [0.3, 0.4) is 0 Å². The number of carbonyl (C=O) groups is 1. The Morgan fingerprint density at radius 3 is 2.16 bits per heavy atom. The molecule has 0 saturated heterocycles. The Balaban J connectivity index is 1.36. The molecule has 44 heavy (non-hydrogen) atoms. The van der Waals surface area contributed by atoms with Crippen LogP contribution in [-0.4, -0.2) is 36.8 Å². The molecule has 0 spiro atoms. The number of ether oxygens (including phenoxy) is 2. The summed E-state index contributed by atoms with van der Waals surface area (Å²) in [5.41, 5.74) is 5.52. The topological polar surface area (TPSA) is 111 Å². The zero-order valence-electron chi connectivity index (χ0n) is 24.6. The van der Waals surface area contributed by atoms with E-state index in [-0.39, 0.29) is 6.03 Å². The molecule has 2 aromatic heterocycles. The molecule has 9 nitrogen and oxygen atoms in total. The van der Waals surface area contributed by atoms with E-state index in [4.69, 9.17) is 13.9 Å². The highest BCUT2D eigenvalue weighted by Crippen LogP contribution is 2.43. The van der Waals surface area contributed by atoms with Gasteiger partial charge in [0.15, 0.2) is 0 Å².